The lowest BCUT2D eigenvalue weighted by Crippen LogP contribution is -2.18. The topological polar surface area (TPSA) is 100 Å². The SMILES string of the molecule is COc1cc(/C=N\NC(=O)c2cccc(NC(C)=O)c2)cc(I)c1O. The number of carbonyl (C=O) groups excluding carboxylic acids is 2. The Balaban J connectivity index is 2.08. The molecule has 0 saturated heterocycles. The molecule has 2 amide bonds. The average molecular weight is 453 g/mol. The minimum atomic E-state index is -0.413. The lowest BCUT2D eigenvalue weighted by Gasteiger charge is -2.06. The fraction of sp³-hybridized carbons (Fsp3) is 0.118. The molecule has 2 aromatic rings. The molecule has 7 nitrogen and oxygen atoms in total. The second kappa shape index (κ2) is 8.47. The molecule has 8 heteroatoms. The Hall–Kier alpha value is -2.62. The first-order valence-electron chi connectivity index (χ1n) is 7.18. The molecule has 130 valence electrons. The first-order chi connectivity index (χ1) is 11.9. The van der Waals surface area contributed by atoms with Crippen LogP contribution in [0.1, 0.15) is 22.8 Å². The first-order valence-corrected chi connectivity index (χ1v) is 8.26. The average Bonchev–Trinajstić information content (AvgIpc) is 2.57. The van der Waals surface area contributed by atoms with Crippen LogP contribution in [-0.4, -0.2) is 30.2 Å². The van der Waals surface area contributed by atoms with Gasteiger partial charge in [-0.05, 0) is 58.5 Å². The van der Waals surface area contributed by atoms with Crippen LogP contribution in [0.3, 0.4) is 0 Å². The number of amides is 2. The third kappa shape index (κ3) is 5.18. The number of nitrogens with one attached hydrogen (secondary N) is 2. The summed E-state index contributed by atoms with van der Waals surface area (Å²) in [6.45, 7) is 1.39. The monoisotopic (exact) mass is 453 g/mol. The highest BCUT2D eigenvalue weighted by Gasteiger charge is 2.08. The number of carbonyl (C=O) groups is 2. The molecule has 0 unspecified atom stereocenters. The number of aromatic hydroxyl groups is 1. The van der Waals surface area contributed by atoms with E-state index < -0.39 is 5.91 Å². The zero-order chi connectivity index (χ0) is 18.4. The van der Waals surface area contributed by atoms with Crippen molar-refractivity contribution in [2.75, 3.05) is 12.4 Å². The van der Waals surface area contributed by atoms with Crippen molar-refractivity contribution in [1.29, 1.82) is 0 Å². The van der Waals surface area contributed by atoms with Gasteiger partial charge in [0.15, 0.2) is 11.5 Å². The van der Waals surface area contributed by atoms with Crippen molar-refractivity contribution >= 4 is 46.3 Å². The number of benzene rings is 2. The Labute approximate surface area is 158 Å². The molecule has 0 spiro atoms. The summed E-state index contributed by atoms with van der Waals surface area (Å²) in [6.07, 6.45) is 1.44. The number of anilines is 1. The van der Waals surface area contributed by atoms with Gasteiger partial charge in [-0.2, -0.15) is 5.10 Å². The van der Waals surface area contributed by atoms with Crippen molar-refractivity contribution in [3.05, 3.63) is 51.1 Å². The molecule has 0 aliphatic rings. The van der Waals surface area contributed by atoms with E-state index in [4.69, 9.17) is 4.74 Å². The van der Waals surface area contributed by atoms with E-state index in [1.54, 1.807) is 36.4 Å². The maximum Gasteiger partial charge on any atom is 0.271 e. The van der Waals surface area contributed by atoms with Crippen molar-refractivity contribution in [2.45, 2.75) is 6.92 Å². The molecule has 0 atom stereocenters. The Morgan fingerprint density at radius 1 is 1.28 bits per heavy atom. The number of rotatable bonds is 5. The van der Waals surface area contributed by atoms with E-state index in [2.05, 4.69) is 15.8 Å². The molecule has 0 heterocycles. The van der Waals surface area contributed by atoms with Crippen LogP contribution in [0.5, 0.6) is 11.5 Å². The molecule has 25 heavy (non-hydrogen) atoms. The van der Waals surface area contributed by atoms with Gasteiger partial charge in [0.25, 0.3) is 5.91 Å². The summed E-state index contributed by atoms with van der Waals surface area (Å²) >= 11 is 1.97. The molecule has 0 aliphatic heterocycles. The second-order valence-electron chi connectivity index (χ2n) is 5.01. The second-order valence-corrected chi connectivity index (χ2v) is 6.18. The molecule has 0 radical (unpaired) electrons. The van der Waals surface area contributed by atoms with E-state index in [1.807, 2.05) is 22.6 Å². The summed E-state index contributed by atoms with van der Waals surface area (Å²) in [5, 5.41) is 16.3. The molecule has 0 saturated carbocycles. The number of hydrogen-bond donors (Lipinski definition) is 3. The van der Waals surface area contributed by atoms with Crippen molar-refractivity contribution < 1.29 is 19.4 Å². The number of hydrogen-bond acceptors (Lipinski definition) is 5. The number of halogens is 1. The van der Waals surface area contributed by atoms with Crippen molar-refractivity contribution in [2.24, 2.45) is 5.10 Å². The molecule has 0 aromatic heterocycles. The molecule has 0 aliphatic carbocycles. The fourth-order valence-electron chi connectivity index (χ4n) is 2.00. The lowest BCUT2D eigenvalue weighted by atomic mass is 10.2. The number of nitrogens with zero attached hydrogens (tertiary/aromatic N) is 1. The first kappa shape index (κ1) is 18.7. The standard InChI is InChI=1S/C17H16IN3O4/c1-10(22)20-13-5-3-4-12(8-13)17(24)21-19-9-11-6-14(18)16(23)15(7-11)25-2/h3-9,23H,1-2H3,(H,20,22)(H,21,24)/b19-9-. The number of methoxy groups -OCH3 is 1. The van der Waals surface area contributed by atoms with Gasteiger partial charge in [-0.15, -0.1) is 0 Å². The van der Waals surface area contributed by atoms with Gasteiger partial charge in [-0.25, -0.2) is 5.43 Å². The third-order valence-electron chi connectivity index (χ3n) is 3.10. The Bertz CT molecular complexity index is 837. The van der Waals surface area contributed by atoms with E-state index in [-0.39, 0.29) is 11.7 Å². The molecular weight excluding hydrogens is 437 g/mol. The van der Waals surface area contributed by atoms with Gasteiger partial charge in [-0.1, -0.05) is 6.07 Å². The van der Waals surface area contributed by atoms with Crippen molar-refractivity contribution in [3.63, 3.8) is 0 Å². The summed E-state index contributed by atoms with van der Waals surface area (Å²) in [5.41, 5.74) is 3.96. The van der Waals surface area contributed by atoms with Gasteiger partial charge in [-0.3, -0.25) is 9.59 Å². The molecule has 0 fully saturated rings. The molecule has 3 N–H and O–H groups in total. The van der Waals surface area contributed by atoms with Crippen LogP contribution >= 0.6 is 22.6 Å². The Morgan fingerprint density at radius 3 is 2.72 bits per heavy atom. The Morgan fingerprint density at radius 2 is 2.04 bits per heavy atom. The van der Waals surface area contributed by atoms with Crippen LogP contribution in [-0.2, 0) is 4.79 Å². The van der Waals surface area contributed by atoms with Gasteiger partial charge in [0.1, 0.15) is 0 Å². The highest BCUT2D eigenvalue weighted by molar-refractivity contribution is 14.1. The number of ether oxygens (including phenoxy) is 1. The van der Waals surface area contributed by atoms with Crippen LogP contribution in [0.4, 0.5) is 5.69 Å². The molecular formula is C17H16IN3O4. The number of hydrazone groups is 1. The summed E-state index contributed by atoms with van der Waals surface area (Å²) in [5.74, 6) is -0.253. The predicted octanol–water partition coefficient (Wildman–Crippen LogP) is 2.73. The van der Waals surface area contributed by atoms with E-state index in [9.17, 15) is 14.7 Å². The lowest BCUT2D eigenvalue weighted by molar-refractivity contribution is -0.114. The van der Waals surface area contributed by atoms with Crippen molar-refractivity contribution in [1.82, 2.24) is 5.43 Å². The van der Waals surface area contributed by atoms with E-state index in [0.29, 0.717) is 26.1 Å². The maximum absolute atomic E-state index is 12.1. The number of phenolic OH excluding ortho intramolecular Hbond substituents is 1. The van der Waals surface area contributed by atoms with Gasteiger partial charge >= 0.3 is 0 Å². The predicted molar refractivity (Wildman–Crippen MR) is 103 cm³/mol. The fourth-order valence-corrected chi connectivity index (χ4v) is 2.62. The summed E-state index contributed by atoms with van der Waals surface area (Å²) in [6, 6.07) is 9.82. The smallest absolute Gasteiger partial charge is 0.271 e. The minimum Gasteiger partial charge on any atom is -0.504 e. The normalized spacial score (nSPS) is 10.5. The van der Waals surface area contributed by atoms with E-state index >= 15 is 0 Å². The van der Waals surface area contributed by atoms with Gasteiger partial charge < -0.3 is 15.2 Å². The van der Waals surface area contributed by atoms with E-state index in [0.717, 1.165) is 0 Å². The van der Waals surface area contributed by atoms with Crippen LogP contribution in [0, 0.1) is 3.57 Å². The van der Waals surface area contributed by atoms with Gasteiger partial charge in [0.05, 0.1) is 16.9 Å². The summed E-state index contributed by atoms with van der Waals surface area (Å²) in [7, 11) is 1.45. The quantitative estimate of drug-likeness (QED) is 0.368. The zero-order valence-electron chi connectivity index (χ0n) is 13.5. The molecule has 2 rings (SSSR count). The van der Waals surface area contributed by atoms with Crippen LogP contribution in [0.15, 0.2) is 41.5 Å². The van der Waals surface area contributed by atoms with Crippen LogP contribution in [0.25, 0.3) is 0 Å². The summed E-state index contributed by atoms with van der Waals surface area (Å²) in [4.78, 5) is 23.2. The van der Waals surface area contributed by atoms with Crippen LogP contribution in [0.2, 0.25) is 0 Å². The third-order valence-corrected chi connectivity index (χ3v) is 3.92. The maximum atomic E-state index is 12.1. The molecule has 2 aromatic carbocycles. The largest absolute Gasteiger partial charge is 0.504 e. The highest BCUT2D eigenvalue weighted by atomic mass is 127. The van der Waals surface area contributed by atoms with Crippen molar-refractivity contribution in [3.8, 4) is 11.5 Å². The molecule has 0 bridgehead atoms. The van der Waals surface area contributed by atoms with E-state index in [1.165, 1.54) is 20.2 Å². The number of phenols is 1. The van der Waals surface area contributed by atoms with Gasteiger partial charge in [0.2, 0.25) is 5.91 Å². The Kier molecular flexibility index (Phi) is 6.34. The minimum absolute atomic E-state index is 0.0547. The van der Waals surface area contributed by atoms with Gasteiger partial charge in [0, 0.05) is 18.2 Å². The summed E-state index contributed by atoms with van der Waals surface area (Å²) < 4.78 is 5.67. The highest BCUT2D eigenvalue weighted by Crippen LogP contribution is 2.31. The van der Waals surface area contributed by atoms with Crippen LogP contribution < -0.4 is 15.5 Å². The zero-order valence-corrected chi connectivity index (χ0v) is 15.7.